The molecule has 0 saturated carbocycles. The van der Waals surface area contributed by atoms with Gasteiger partial charge in [0.25, 0.3) is 0 Å². The van der Waals surface area contributed by atoms with Gasteiger partial charge in [0.1, 0.15) is 11.4 Å². The molecule has 8 heteroatoms. The Morgan fingerprint density at radius 2 is 2.04 bits per heavy atom. The van der Waals surface area contributed by atoms with Crippen molar-refractivity contribution in [2.24, 2.45) is 0 Å². The number of carbonyl (C=O) groups is 2. The van der Waals surface area contributed by atoms with Crippen molar-refractivity contribution in [1.82, 2.24) is 9.97 Å². The van der Waals surface area contributed by atoms with Gasteiger partial charge in [-0.15, -0.1) is 0 Å². The van der Waals surface area contributed by atoms with E-state index in [-0.39, 0.29) is 18.1 Å². The summed E-state index contributed by atoms with van der Waals surface area (Å²) in [6.45, 7) is 3.44. The molecule has 2 N–H and O–H groups in total. The molecule has 0 fully saturated rings. The van der Waals surface area contributed by atoms with Crippen LogP contribution in [-0.4, -0.2) is 34.7 Å². The Kier molecular flexibility index (Phi) is 6.14. The van der Waals surface area contributed by atoms with E-state index in [1.165, 1.54) is 24.9 Å². The largest absolute Gasteiger partial charge is 0.462 e. The van der Waals surface area contributed by atoms with Crippen molar-refractivity contribution in [3.05, 3.63) is 36.0 Å². The Morgan fingerprint density at radius 3 is 2.71 bits per heavy atom. The van der Waals surface area contributed by atoms with Gasteiger partial charge in [-0.3, -0.25) is 4.79 Å². The Morgan fingerprint density at radius 1 is 1.29 bits per heavy atom. The van der Waals surface area contributed by atoms with Crippen LogP contribution in [0, 0.1) is 0 Å². The molecule has 1 amide bonds. The fourth-order valence-electron chi connectivity index (χ4n) is 1.93. The molecule has 0 atom stereocenters. The van der Waals surface area contributed by atoms with E-state index in [1.807, 2.05) is 6.26 Å². The highest BCUT2D eigenvalue weighted by Gasteiger charge is 2.16. The van der Waals surface area contributed by atoms with Crippen LogP contribution in [0.15, 0.2) is 35.6 Å². The predicted molar refractivity (Wildman–Crippen MR) is 93.8 cm³/mol. The summed E-state index contributed by atoms with van der Waals surface area (Å²) in [4.78, 5) is 31.7. The molecule has 0 unspecified atom stereocenters. The van der Waals surface area contributed by atoms with Crippen LogP contribution in [0.2, 0.25) is 0 Å². The number of ether oxygens (including phenoxy) is 1. The fourth-order valence-corrected chi connectivity index (χ4v) is 2.27. The van der Waals surface area contributed by atoms with E-state index in [1.54, 1.807) is 31.2 Å². The van der Waals surface area contributed by atoms with Crippen LogP contribution in [0.4, 0.5) is 17.2 Å². The maximum atomic E-state index is 12.1. The molecule has 0 aliphatic rings. The normalized spacial score (nSPS) is 10.1. The molecule has 0 aliphatic carbocycles. The summed E-state index contributed by atoms with van der Waals surface area (Å²) in [5.74, 6) is -0.301. The van der Waals surface area contributed by atoms with Gasteiger partial charge in [0, 0.05) is 24.5 Å². The highest BCUT2D eigenvalue weighted by Crippen LogP contribution is 2.23. The summed E-state index contributed by atoms with van der Waals surface area (Å²) in [7, 11) is 0. The van der Waals surface area contributed by atoms with Crippen LogP contribution in [0.5, 0.6) is 0 Å². The molecule has 0 spiro atoms. The second kappa shape index (κ2) is 8.30. The zero-order chi connectivity index (χ0) is 17.5. The average Bonchev–Trinajstić information content (AvgIpc) is 2.54. The highest BCUT2D eigenvalue weighted by molar-refractivity contribution is 7.98. The van der Waals surface area contributed by atoms with E-state index in [0.717, 1.165) is 0 Å². The molecule has 24 heavy (non-hydrogen) atoms. The van der Waals surface area contributed by atoms with Crippen molar-refractivity contribution in [3.63, 3.8) is 0 Å². The fraction of sp³-hybridized carbons (Fsp3) is 0.250. The third kappa shape index (κ3) is 4.69. The van der Waals surface area contributed by atoms with Crippen LogP contribution in [0.1, 0.15) is 24.2 Å². The summed E-state index contributed by atoms with van der Waals surface area (Å²) >= 11 is 1.37. The number of amides is 1. The van der Waals surface area contributed by atoms with Crippen molar-refractivity contribution in [2.75, 3.05) is 23.5 Å². The molecule has 0 saturated heterocycles. The smallest absolute Gasteiger partial charge is 0.343 e. The lowest BCUT2D eigenvalue weighted by Gasteiger charge is -2.12. The van der Waals surface area contributed by atoms with Gasteiger partial charge < -0.3 is 15.4 Å². The molecule has 1 heterocycles. The van der Waals surface area contributed by atoms with Gasteiger partial charge in [0.2, 0.25) is 5.91 Å². The van der Waals surface area contributed by atoms with Gasteiger partial charge in [-0.2, -0.15) is 0 Å². The number of benzene rings is 1. The van der Waals surface area contributed by atoms with E-state index in [0.29, 0.717) is 22.3 Å². The topological polar surface area (TPSA) is 93.2 Å². The van der Waals surface area contributed by atoms with Gasteiger partial charge in [0.05, 0.1) is 6.61 Å². The zero-order valence-electron chi connectivity index (χ0n) is 13.6. The number of nitrogens with zero attached hydrogens (tertiary/aromatic N) is 2. The summed E-state index contributed by atoms with van der Waals surface area (Å²) in [5.41, 5.74) is 1.57. The third-order valence-corrected chi connectivity index (χ3v) is 3.45. The molecular formula is C16H18N4O3S. The Hall–Kier alpha value is -2.61. The number of nitrogens with one attached hydrogen (secondary N) is 2. The zero-order valence-corrected chi connectivity index (χ0v) is 14.4. The minimum Gasteiger partial charge on any atom is -0.462 e. The number of carbonyl (C=O) groups excluding carboxylic acids is 2. The van der Waals surface area contributed by atoms with Gasteiger partial charge in [0.15, 0.2) is 5.16 Å². The molecule has 0 radical (unpaired) electrons. The van der Waals surface area contributed by atoms with Crippen LogP contribution in [0.25, 0.3) is 0 Å². The van der Waals surface area contributed by atoms with Gasteiger partial charge in [-0.25, -0.2) is 14.8 Å². The lowest BCUT2D eigenvalue weighted by Crippen LogP contribution is -2.11. The molecule has 126 valence electrons. The lowest BCUT2D eigenvalue weighted by atomic mass is 10.2. The van der Waals surface area contributed by atoms with E-state index in [4.69, 9.17) is 4.74 Å². The van der Waals surface area contributed by atoms with E-state index < -0.39 is 5.97 Å². The number of thioether (sulfide) groups is 1. The Labute approximate surface area is 144 Å². The predicted octanol–water partition coefficient (Wildman–Crippen LogP) is 3.08. The molecule has 1 aromatic heterocycles. The summed E-state index contributed by atoms with van der Waals surface area (Å²) in [6.07, 6.45) is 3.29. The quantitative estimate of drug-likeness (QED) is 0.471. The first-order chi connectivity index (χ1) is 11.5. The van der Waals surface area contributed by atoms with Gasteiger partial charge in [-0.1, -0.05) is 17.8 Å². The van der Waals surface area contributed by atoms with Crippen LogP contribution >= 0.6 is 11.8 Å². The molecule has 2 rings (SSSR count). The van der Waals surface area contributed by atoms with Crippen molar-refractivity contribution in [1.29, 1.82) is 0 Å². The highest BCUT2D eigenvalue weighted by atomic mass is 32.2. The van der Waals surface area contributed by atoms with Crippen molar-refractivity contribution in [2.45, 2.75) is 19.0 Å². The number of esters is 1. The first-order valence-electron chi connectivity index (χ1n) is 7.26. The molecule has 7 nitrogen and oxygen atoms in total. The van der Waals surface area contributed by atoms with E-state index in [9.17, 15) is 9.59 Å². The third-order valence-electron chi connectivity index (χ3n) is 2.89. The molecule has 0 bridgehead atoms. The second-order valence-corrected chi connectivity index (χ2v) is 5.50. The van der Waals surface area contributed by atoms with Gasteiger partial charge >= 0.3 is 5.97 Å². The minimum absolute atomic E-state index is 0.161. The van der Waals surface area contributed by atoms with E-state index in [2.05, 4.69) is 20.6 Å². The van der Waals surface area contributed by atoms with Crippen molar-refractivity contribution in [3.8, 4) is 0 Å². The number of hydrogen-bond acceptors (Lipinski definition) is 7. The first kappa shape index (κ1) is 17.7. The van der Waals surface area contributed by atoms with Crippen molar-refractivity contribution < 1.29 is 14.3 Å². The SMILES string of the molecule is CCOC(=O)c1cnc(SC)nc1Nc1cccc(NC(C)=O)c1. The summed E-state index contributed by atoms with van der Waals surface area (Å²) in [6, 6.07) is 7.11. The maximum absolute atomic E-state index is 12.1. The van der Waals surface area contributed by atoms with Gasteiger partial charge in [-0.05, 0) is 31.4 Å². The lowest BCUT2D eigenvalue weighted by molar-refractivity contribution is -0.114. The number of aromatic nitrogens is 2. The summed E-state index contributed by atoms with van der Waals surface area (Å²) in [5, 5.41) is 6.32. The molecule has 2 aromatic rings. The van der Waals surface area contributed by atoms with Crippen LogP contribution in [0.3, 0.4) is 0 Å². The average molecular weight is 346 g/mol. The monoisotopic (exact) mass is 346 g/mol. The molecular weight excluding hydrogens is 328 g/mol. The van der Waals surface area contributed by atoms with Crippen LogP contribution < -0.4 is 10.6 Å². The van der Waals surface area contributed by atoms with Crippen molar-refractivity contribution >= 4 is 40.8 Å². The number of hydrogen-bond donors (Lipinski definition) is 2. The number of rotatable bonds is 6. The Bertz CT molecular complexity index is 752. The summed E-state index contributed by atoms with van der Waals surface area (Å²) < 4.78 is 5.03. The first-order valence-corrected chi connectivity index (χ1v) is 8.48. The standard InChI is InChI=1S/C16H18N4O3S/c1-4-23-15(22)13-9-17-16(24-3)20-14(13)19-12-7-5-6-11(8-12)18-10(2)21/h5-9H,4H2,1-3H3,(H,18,21)(H,17,19,20). The molecule has 0 aliphatic heterocycles. The Balaban J connectivity index is 2.33. The number of anilines is 3. The van der Waals surface area contributed by atoms with E-state index >= 15 is 0 Å². The maximum Gasteiger partial charge on any atom is 0.343 e. The van der Waals surface area contributed by atoms with Crippen LogP contribution in [-0.2, 0) is 9.53 Å². The second-order valence-electron chi connectivity index (χ2n) is 4.73. The molecule has 1 aromatic carbocycles. The minimum atomic E-state index is -0.495.